The first kappa shape index (κ1) is 14.9. The smallest absolute Gasteiger partial charge is 0.161 e. The Kier molecular flexibility index (Phi) is 4.85. The van der Waals surface area contributed by atoms with E-state index in [4.69, 9.17) is 4.74 Å². The third-order valence-corrected chi connectivity index (χ3v) is 5.23. The summed E-state index contributed by atoms with van der Waals surface area (Å²) in [6.07, 6.45) is 0. The van der Waals surface area contributed by atoms with Crippen molar-refractivity contribution in [1.82, 2.24) is 0 Å². The van der Waals surface area contributed by atoms with Crippen molar-refractivity contribution in [2.45, 2.75) is 9.79 Å². The van der Waals surface area contributed by atoms with Crippen LogP contribution in [-0.4, -0.2) is 30.9 Å². The maximum absolute atomic E-state index is 12.7. The van der Waals surface area contributed by atoms with Crippen molar-refractivity contribution >= 4 is 32.8 Å². The number of hydrogen-bond acceptors (Lipinski definition) is 3. The molecule has 110 valence electrons. The molecule has 0 amide bonds. The number of morpholine rings is 1. The molecule has 3 rings (SSSR count). The first-order valence-electron chi connectivity index (χ1n) is 6.84. The average Bonchev–Trinajstić information content (AvgIpc) is 2.55. The van der Waals surface area contributed by atoms with E-state index in [1.54, 1.807) is 0 Å². The first-order valence-corrected chi connectivity index (χ1v) is 8.78. The van der Waals surface area contributed by atoms with E-state index < -0.39 is 11.2 Å². The van der Waals surface area contributed by atoms with Crippen LogP contribution in [0.5, 0.6) is 0 Å². The number of anilines is 1. The Morgan fingerprint density at radius 2 is 1.71 bits per heavy atom. The monoisotopic (exact) mass is 365 g/mol. The van der Waals surface area contributed by atoms with Gasteiger partial charge in [0.15, 0.2) is 9.79 Å². The Bertz CT molecular complexity index is 602. The van der Waals surface area contributed by atoms with Crippen LogP contribution in [0, 0.1) is 0 Å². The second-order valence-electron chi connectivity index (χ2n) is 4.83. The van der Waals surface area contributed by atoms with Gasteiger partial charge in [-0.15, -0.1) is 0 Å². The van der Waals surface area contributed by atoms with Crippen LogP contribution in [0.15, 0.2) is 62.8 Å². The topological polar surface area (TPSA) is 35.5 Å². The lowest BCUT2D eigenvalue weighted by Crippen LogP contribution is -2.36. The minimum Gasteiger partial charge on any atom is -0.606 e. The van der Waals surface area contributed by atoms with Crippen LogP contribution in [0.1, 0.15) is 0 Å². The second kappa shape index (κ2) is 6.83. The van der Waals surface area contributed by atoms with E-state index in [1.165, 1.54) is 0 Å². The summed E-state index contributed by atoms with van der Waals surface area (Å²) in [4.78, 5) is 3.90. The molecular weight excluding hydrogens is 350 g/mol. The fourth-order valence-electron chi connectivity index (χ4n) is 2.34. The van der Waals surface area contributed by atoms with Gasteiger partial charge in [-0.3, -0.25) is 0 Å². The molecule has 1 heterocycles. The number of ether oxygens (including phenoxy) is 1. The lowest BCUT2D eigenvalue weighted by molar-refractivity contribution is 0.122. The van der Waals surface area contributed by atoms with E-state index in [0.717, 1.165) is 46.3 Å². The quantitative estimate of drug-likeness (QED) is 0.781. The molecule has 2 aromatic carbocycles. The molecule has 5 heteroatoms. The van der Waals surface area contributed by atoms with Crippen molar-refractivity contribution < 1.29 is 9.29 Å². The number of halogens is 1. The van der Waals surface area contributed by atoms with Gasteiger partial charge in [0, 0.05) is 46.6 Å². The molecule has 0 bridgehead atoms. The second-order valence-corrected chi connectivity index (χ2v) is 7.22. The zero-order chi connectivity index (χ0) is 14.7. The Morgan fingerprint density at radius 3 is 2.43 bits per heavy atom. The Morgan fingerprint density at radius 1 is 1.00 bits per heavy atom. The highest BCUT2D eigenvalue weighted by atomic mass is 79.9. The van der Waals surface area contributed by atoms with Crippen molar-refractivity contribution in [3.63, 3.8) is 0 Å². The van der Waals surface area contributed by atoms with E-state index in [9.17, 15) is 4.55 Å². The van der Waals surface area contributed by atoms with E-state index in [2.05, 4.69) is 26.9 Å². The summed E-state index contributed by atoms with van der Waals surface area (Å²) < 4.78 is 19.0. The number of hydrogen-bond donors (Lipinski definition) is 0. The molecular formula is C16H16BrNO2S. The van der Waals surface area contributed by atoms with E-state index >= 15 is 0 Å². The van der Waals surface area contributed by atoms with Gasteiger partial charge >= 0.3 is 0 Å². The lowest BCUT2D eigenvalue weighted by Gasteiger charge is -2.29. The van der Waals surface area contributed by atoms with Crippen LogP contribution in [0.2, 0.25) is 0 Å². The number of nitrogens with zero attached hydrogens (tertiary/aromatic N) is 1. The highest BCUT2D eigenvalue weighted by molar-refractivity contribution is 9.10. The van der Waals surface area contributed by atoms with E-state index in [1.807, 2.05) is 42.5 Å². The minimum absolute atomic E-state index is 0.740. The molecule has 0 saturated carbocycles. The zero-order valence-corrected chi connectivity index (χ0v) is 13.9. The normalized spacial score (nSPS) is 16.8. The molecule has 1 atom stereocenters. The molecule has 0 spiro atoms. The predicted octanol–water partition coefficient (Wildman–Crippen LogP) is 3.45. The molecule has 0 aromatic heterocycles. The summed E-state index contributed by atoms with van der Waals surface area (Å²) in [6.45, 7) is 3.22. The summed E-state index contributed by atoms with van der Waals surface area (Å²) in [5, 5.41) is 0. The van der Waals surface area contributed by atoms with Crippen LogP contribution < -0.4 is 4.90 Å². The minimum atomic E-state index is -1.16. The standard InChI is InChI=1S/C16H16BrNO2S/c17-13-10-14(18-6-8-20-9-7-18)12-16(11-13)21(19)15-4-2-1-3-5-15/h1-5,10-12H,6-9H2. The molecule has 1 fully saturated rings. The van der Waals surface area contributed by atoms with Crippen molar-refractivity contribution in [1.29, 1.82) is 0 Å². The maximum atomic E-state index is 12.7. The number of benzene rings is 2. The predicted molar refractivity (Wildman–Crippen MR) is 88.3 cm³/mol. The molecule has 1 saturated heterocycles. The van der Waals surface area contributed by atoms with Crippen LogP contribution in [-0.2, 0) is 15.9 Å². The van der Waals surface area contributed by atoms with Crippen LogP contribution >= 0.6 is 15.9 Å². The van der Waals surface area contributed by atoms with Gasteiger partial charge < -0.3 is 14.2 Å². The summed E-state index contributed by atoms with van der Waals surface area (Å²) in [5.41, 5.74) is 1.09. The highest BCUT2D eigenvalue weighted by Crippen LogP contribution is 2.29. The third kappa shape index (κ3) is 3.61. The van der Waals surface area contributed by atoms with Gasteiger partial charge in [0.2, 0.25) is 0 Å². The molecule has 1 aliphatic rings. The highest BCUT2D eigenvalue weighted by Gasteiger charge is 2.19. The molecule has 1 aliphatic heterocycles. The number of rotatable bonds is 3. The summed E-state index contributed by atoms with van der Waals surface area (Å²) >= 11 is 2.37. The van der Waals surface area contributed by atoms with Crippen molar-refractivity contribution in [3.05, 3.63) is 53.0 Å². The zero-order valence-electron chi connectivity index (χ0n) is 11.5. The van der Waals surface area contributed by atoms with Gasteiger partial charge in [-0.25, -0.2) is 0 Å². The molecule has 0 N–H and O–H groups in total. The van der Waals surface area contributed by atoms with Crippen LogP contribution in [0.25, 0.3) is 0 Å². The Hall–Kier alpha value is -1.01. The summed E-state index contributed by atoms with van der Waals surface area (Å²) in [5.74, 6) is 0. The SMILES string of the molecule is [O-][S+](c1ccccc1)c1cc(Br)cc(N2CCOCC2)c1. The molecule has 2 aromatic rings. The molecule has 0 radical (unpaired) electrons. The largest absolute Gasteiger partial charge is 0.606 e. The summed E-state index contributed by atoms with van der Waals surface area (Å²) in [6, 6.07) is 15.5. The van der Waals surface area contributed by atoms with Gasteiger partial charge in [-0.2, -0.15) is 0 Å². The Labute approximate surface area is 136 Å². The Balaban J connectivity index is 1.90. The van der Waals surface area contributed by atoms with Crippen molar-refractivity contribution in [2.75, 3.05) is 31.2 Å². The van der Waals surface area contributed by atoms with Gasteiger partial charge in [0.25, 0.3) is 0 Å². The lowest BCUT2D eigenvalue weighted by atomic mass is 10.2. The van der Waals surface area contributed by atoms with Gasteiger partial charge in [-0.05, 0) is 18.2 Å². The van der Waals surface area contributed by atoms with E-state index in [-0.39, 0.29) is 0 Å². The first-order chi connectivity index (χ1) is 10.2. The van der Waals surface area contributed by atoms with Gasteiger partial charge in [0.05, 0.1) is 13.2 Å². The van der Waals surface area contributed by atoms with Crippen molar-refractivity contribution in [2.24, 2.45) is 0 Å². The van der Waals surface area contributed by atoms with Gasteiger partial charge in [-0.1, -0.05) is 34.1 Å². The van der Waals surface area contributed by atoms with Crippen LogP contribution in [0.3, 0.4) is 0 Å². The fraction of sp³-hybridized carbons (Fsp3) is 0.250. The molecule has 3 nitrogen and oxygen atoms in total. The fourth-order valence-corrected chi connectivity index (χ4v) is 4.11. The van der Waals surface area contributed by atoms with Crippen LogP contribution in [0.4, 0.5) is 5.69 Å². The average molecular weight is 366 g/mol. The molecule has 1 unspecified atom stereocenters. The van der Waals surface area contributed by atoms with Gasteiger partial charge in [0.1, 0.15) is 0 Å². The summed E-state index contributed by atoms with van der Waals surface area (Å²) in [7, 11) is 0. The van der Waals surface area contributed by atoms with Crippen molar-refractivity contribution in [3.8, 4) is 0 Å². The molecule has 21 heavy (non-hydrogen) atoms. The maximum Gasteiger partial charge on any atom is 0.161 e. The van der Waals surface area contributed by atoms with E-state index in [0.29, 0.717) is 0 Å². The third-order valence-electron chi connectivity index (χ3n) is 3.40. The molecule has 0 aliphatic carbocycles.